The molecule has 1 amide bonds. The van der Waals surface area contributed by atoms with Gasteiger partial charge in [-0.25, -0.2) is 0 Å². The minimum Gasteiger partial charge on any atom is -0.508 e. The highest BCUT2D eigenvalue weighted by Gasteiger charge is 2.34. The molecule has 0 atom stereocenters. The van der Waals surface area contributed by atoms with E-state index in [1.54, 1.807) is 12.1 Å². The van der Waals surface area contributed by atoms with Crippen LogP contribution in [0.2, 0.25) is 0 Å². The molecule has 0 aromatic heterocycles. The molecule has 1 saturated heterocycles. The van der Waals surface area contributed by atoms with Gasteiger partial charge in [0.1, 0.15) is 12.0 Å². The minimum absolute atomic E-state index is 0.125. The molecular weight excluding hydrogens is 352 g/mol. The van der Waals surface area contributed by atoms with Crippen molar-refractivity contribution in [2.75, 3.05) is 32.7 Å². The second-order valence-electron chi connectivity index (χ2n) is 8.29. The number of rotatable bonds is 7. The fourth-order valence-corrected chi connectivity index (χ4v) is 4.04. The number of amides is 1. The smallest absolute Gasteiger partial charge is 0.250 e. The van der Waals surface area contributed by atoms with Gasteiger partial charge in [0, 0.05) is 43.6 Å². The van der Waals surface area contributed by atoms with E-state index < -0.39 is 0 Å². The second kappa shape index (κ2) is 8.74. The van der Waals surface area contributed by atoms with Crippen LogP contribution in [-0.2, 0) is 16.0 Å². The van der Waals surface area contributed by atoms with Crippen molar-refractivity contribution in [3.63, 3.8) is 0 Å². The molecule has 0 saturated carbocycles. The lowest BCUT2D eigenvalue weighted by molar-refractivity contribution is -0.129. The number of piperazine rings is 1. The molecule has 2 aliphatic rings. The van der Waals surface area contributed by atoms with Gasteiger partial charge in [-0.05, 0) is 48.7 Å². The number of unbranched alkanes of at least 4 members (excludes halogenated alkanes) is 1. The molecule has 5 nitrogen and oxygen atoms in total. The fraction of sp³-hybridized carbons (Fsp3) is 0.478. The molecule has 150 valence electrons. The predicted octanol–water partition coefficient (Wildman–Crippen LogP) is 2.95. The highest BCUT2D eigenvalue weighted by Crippen LogP contribution is 2.38. The molecule has 3 rings (SSSR count). The molecule has 5 heteroatoms. The molecule has 0 bridgehead atoms. The van der Waals surface area contributed by atoms with Gasteiger partial charge in [-0.15, -0.1) is 0 Å². The Labute approximate surface area is 167 Å². The first-order chi connectivity index (χ1) is 13.4. The number of aldehydes is 1. The maximum Gasteiger partial charge on any atom is 0.250 e. The number of carbonyl (C=O) groups excluding carboxylic acids is 2. The van der Waals surface area contributed by atoms with E-state index in [9.17, 15) is 14.7 Å². The molecule has 28 heavy (non-hydrogen) atoms. The van der Waals surface area contributed by atoms with E-state index in [-0.39, 0.29) is 17.1 Å². The molecule has 1 aromatic rings. The normalized spacial score (nSPS) is 19.3. The number of phenols is 1. The van der Waals surface area contributed by atoms with Gasteiger partial charge in [-0.3, -0.25) is 9.69 Å². The fourth-order valence-electron chi connectivity index (χ4n) is 4.04. The maximum absolute atomic E-state index is 13.2. The third-order valence-corrected chi connectivity index (χ3v) is 5.58. The highest BCUT2D eigenvalue weighted by atomic mass is 16.3. The van der Waals surface area contributed by atoms with Crippen molar-refractivity contribution in [1.29, 1.82) is 0 Å². The van der Waals surface area contributed by atoms with Crippen LogP contribution >= 0.6 is 0 Å². The van der Waals surface area contributed by atoms with Gasteiger partial charge < -0.3 is 14.8 Å². The predicted molar refractivity (Wildman–Crippen MR) is 110 cm³/mol. The monoisotopic (exact) mass is 382 g/mol. The number of hydrogen-bond donors (Lipinski definition) is 1. The highest BCUT2D eigenvalue weighted by molar-refractivity contribution is 5.96. The Morgan fingerprint density at radius 2 is 1.96 bits per heavy atom. The summed E-state index contributed by atoms with van der Waals surface area (Å²) >= 11 is 0. The summed E-state index contributed by atoms with van der Waals surface area (Å²) in [6, 6.07) is 7.27. The largest absolute Gasteiger partial charge is 0.508 e. The summed E-state index contributed by atoms with van der Waals surface area (Å²) in [5.74, 6) is 0.390. The van der Waals surface area contributed by atoms with Crippen LogP contribution in [0.1, 0.15) is 32.3 Å². The van der Waals surface area contributed by atoms with Crippen molar-refractivity contribution in [3.8, 4) is 5.75 Å². The van der Waals surface area contributed by atoms with Crippen molar-refractivity contribution in [2.24, 2.45) is 5.41 Å². The standard InChI is InChI=1S/C23H30N2O3/c1-23(2)17-19(14-18-6-5-7-20(27)15-18)16-21(23)22(28)25-11-9-24(10-12-25)8-3-4-13-26/h5-7,13,15-17,27H,3-4,8-12,14H2,1-2H3. The van der Waals surface area contributed by atoms with Crippen molar-refractivity contribution < 1.29 is 14.7 Å². The quantitative estimate of drug-likeness (QED) is 0.582. The van der Waals surface area contributed by atoms with Crippen LogP contribution in [0.5, 0.6) is 5.75 Å². The molecule has 1 heterocycles. The van der Waals surface area contributed by atoms with Crippen molar-refractivity contribution in [3.05, 3.63) is 53.1 Å². The number of nitrogens with zero attached hydrogens (tertiary/aromatic N) is 2. The Bertz CT molecular complexity index is 787. The molecule has 1 aliphatic heterocycles. The number of aromatic hydroxyl groups is 1. The Morgan fingerprint density at radius 1 is 1.21 bits per heavy atom. The summed E-state index contributed by atoms with van der Waals surface area (Å²) < 4.78 is 0. The van der Waals surface area contributed by atoms with Gasteiger partial charge in [0.25, 0.3) is 5.91 Å². The summed E-state index contributed by atoms with van der Waals surface area (Å²) in [6.07, 6.45) is 7.36. The lowest BCUT2D eigenvalue weighted by Gasteiger charge is -2.36. The summed E-state index contributed by atoms with van der Waals surface area (Å²) in [4.78, 5) is 27.9. The summed E-state index contributed by atoms with van der Waals surface area (Å²) in [7, 11) is 0. The molecule has 1 fully saturated rings. The van der Waals surface area contributed by atoms with Crippen molar-refractivity contribution in [1.82, 2.24) is 9.80 Å². The molecule has 1 N–H and O–H groups in total. The molecular formula is C23H30N2O3. The van der Waals surface area contributed by atoms with E-state index in [1.807, 2.05) is 23.1 Å². The molecule has 0 spiro atoms. The number of benzene rings is 1. The lowest BCUT2D eigenvalue weighted by Crippen LogP contribution is -2.49. The van der Waals surface area contributed by atoms with E-state index in [2.05, 4.69) is 24.8 Å². The van der Waals surface area contributed by atoms with E-state index in [1.165, 1.54) is 0 Å². The van der Waals surface area contributed by atoms with Crippen LogP contribution in [-0.4, -0.2) is 59.8 Å². The number of phenolic OH excluding ortho intramolecular Hbond substituents is 1. The SMILES string of the molecule is CC1(C)C=C(Cc2cccc(O)c2)C=C1C(=O)N1CCN(CCCC=O)CC1. The number of allylic oxidation sites excluding steroid dienone is 3. The van der Waals surface area contributed by atoms with Crippen LogP contribution < -0.4 is 0 Å². The zero-order valence-electron chi connectivity index (χ0n) is 16.9. The van der Waals surface area contributed by atoms with Gasteiger partial charge >= 0.3 is 0 Å². The van der Waals surface area contributed by atoms with Crippen LogP contribution in [0, 0.1) is 5.41 Å². The summed E-state index contributed by atoms with van der Waals surface area (Å²) in [5, 5.41) is 9.67. The third-order valence-electron chi connectivity index (χ3n) is 5.58. The average Bonchev–Trinajstić information content (AvgIpc) is 2.96. The van der Waals surface area contributed by atoms with E-state index in [0.717, 1.165) is 62.1 Å². The van der Waals surface area contributed by atoms with Gasteiger partial charge in [0.15, 0.2) is 0 Å². The Balaban J connectivity index is 1.61. The van der Waals surface area contributed by atoms with E-state index >= 15 is 0 Å². The van der Waals surface area contributed by atoms with E-state index in [4.69, 9.17) is 0 Å². The lowest BCUT2D eigenvalue weighted by atomic mass is 9.86. The molecule has 0 radical (unpaired) electrons. The van der Waals surface area contributed by atoms with Crippen molar-refractivity contribution >= 4 is 12.2 Å². The zero-order valence-corrected chi connectivity index (χ0v) is 16.9. The van der Waals surface area contributed by atoms with Crippen LogP contribution in [0.3, 0.4) is 0 Å². The minimum atomic E-state index is -0.287. The first-order valence-electron chi connectivity index (χ1n) is 10.1. The first kappa shape index (κ1) is 20.3. The van der Waals surface area contributed by atoms with Gasteiger partial charge in [-0.2, -0.15) is 0 Å². The van der Waals surface area contributed by atoms with E-state index in [0.29, 0.717) is 12.8 Å². The second-order valence-corrected chi connectivity index (χ2v) is 8.29. The summed E-state index contributed by atoms with van der Waals surface area (Å²) in [6.45, 7) is 8.28. The zero-order chi connectivity index (χ0) is 20.1. The molecule has 1 aromatic carbocycles. The van der Waals surface area contributed by atoms with Crippen LogP contribution in [0.15, 0.2) is 47.6 Å². The van der Waals surface area contributed by atoms with Gasteiger partial charge in [0.2, 0.25) is 0 Å². The number of hydrogen-bond acceptors (Lipinski definition) is 4. The van der Waals surface area contributed by atoms with Crippen molar-refractivity contribution in [2.45, 2.75) is 33.1 Å². The number of carbonyl (C=O) groups is 2. The Morgan fingerprint density at radius 3 is 2.64 bits per heavy atom. The van der Waals surface area contributed by atoms with Crippen LogP contribution in [0.25, 0.3) is 0 Å². The van der Waals surface area contributed by atoms with Gasteiger partial charge in [0.05, 0.1) is 0 Å². The molecule has 1 aliphatic carbocycles. The third kappa shape index (κ3) is 4.90. The molecule has 0 unspecified atom stereocenters. The van der Waals surface area contributed by atoms with Crippen LogP contribution in [0.4, 0.5) is 0 Å². The topological polar surface area (TPSA) is 60.9 Å². The maximum atomic E-state index is 13.2. The first-order valence-corrected chi connectivity index (χ1v) is 10.1. The average molecular weight is 383 g/mol. The summed E-state index contributed by atoms with van der Waals surface area (Å²) in [5.41, 5.74) is 2.71. The van der Waals surface area contributed by atoms with Gasteiger partial charge in [-0.1, -0.05) is 32.1 Å². The Hall–Kier alpha value is -2.40. The Kier molecular flexibility index (Phi) is 6.35.